The van der Waals surface area contributed by atoms with Crippen molar-refractivity contribution in [2.24, 2.45) is 5.10 Å². The molecule has 0 aliphatic rings. The van der Waals surface area contributed by atoms with Gasteiger partial charge in [-0.2, -0.15) is 23.5 Å². The first-order valence-electron chi connectivity index (χ1n) is 4.98. The summed E-state index contributed by atoms with van der Waals surface area (Å²) in [6, 6.07) is 4.85. The second-order valence-corrected chi connectivity index (χ2v) is 3.33. The molecule has 1 N–H and O–H groups in total. The number of nitrogens with one attached hydrogen (secondary N) is 1. The van der Waals surface area contributed by atoms with Gasteiger partial charge in [-0.25, -0.2) is 4.39 Å². The molecule has 0 saturated carbocycles. The van der Waals surface area contributed by atoms with E-state index >= 15 is 0 Å². The average molecular weight is 259 g/mol. The normalized spacial score (nSPS) is 12.1. The van der Waals surface area contributed by atoms with Crippen LogP contribution in [0.1, 0.15) is 18.9 Å². The lowest BCUT2D eigenvalue weighted by molar-refractivity contribution is -0.0603. The summed E-state index contributed by atoms with van der Waals surface area (Å²) < 4.78 is 50.0. The molecule has 0 amide bonds. The molecular formula is C11H9F4N3. The van der Waals surface area contributed by atoms with Gasteiger partial charge >= 0.3 is 6.18 Å². The van der Waals surface area contributed by atoms with Gasteiger partial charge in [-0.3, -0.25) is 5.43 Å². The third-order valence-electron chi connectivity index (χ3n) is 2.07. The van der Waals surface area contributed by atoms with Gasteiger partial charge in [0.2, 0.25) is 0 Å². The van der Waals surface area contributed by atoms with E-state index in [0.717, 1.165) is 12.1 Å². The number of rotatable bonds is 3. The van der Waals surface area contributed by atoms with Gasteiger partial charge in [-0.1, -0.05) is 6.92 Å². The molecule has 1 rings (SSSR count). The number of hydrogen-bond donors (Lipinski definition) is 1. The highest BCUT2D eigenvalue weighted by Crippen LogP contribution is 2.20. The minimum atomic E-state index is -4.51. The lowest BCUT2D eigenvalue weighted by Gasteiger charge is -2.09. The summed E-state index contributed by atoms with van der Waals surface area (Å²) in [7, 11) is 0. The zero-order chi connectivity index (χ0) is 13.8. The van der Waals surface area contributed by atoms with Gasteiger partial charge in [0.15, 0.2) is 0 Å². The van der Waals surface area contributed by atoms with Crippen LogP contribution in [0.5, 0.6) is 0 Å². The van der Waals surface area contributed by atoms with E-state index in [9.17, 15) is 17.6 Å². The quantitative estimate of drug-likeness (QED) is 0.513. The van der Waals surface area contributed by atoms with Gasteiger partial charge in [0.05, 0.1) is 11.3 Å². The Bertz CT molecular complexity index is 500. The largest absolute Gasteiger partial charge is 0.431 e. The summed E-state index contributed by atoms with van der Waals surface area (Å²) in [4.78, 5) is 0. The summed E-state index contributed by atoms with van der Waals surface area (Å²) >= 11 is 0. The summed E-state index contributed by atoms with van der Waals surface area (Å²) in [5, 5.41) is 11.8. The fourth-order valence-electron chi connectivity index (χ4n) is 1.16. The summed E-state index contributed by atoms with van der Waals surface area (Å²) in [5.74, 6) is -0.737. The van der Waals surface area contributed by atoms with Crippen LogP contribution in [0.4, 0.5) is 23.2 Å². The standard InChI is InChI=1S/C11H9F4N3/c1-2-10(11(13,14)15)18-17-8-3-4-9(12)7(5-8)6-16/h3-5,17H,2H2,1H3/b18-10-. The van der Waals surface area contributed by atoms with Crippen LogP contribution < -0.4 is 5.43 Å². The van der Waals surface area contributed by atoms with Crippen LogP contribution >= 0.6 is 0 Å². The van der Waals surface area contributed by atoms with Gasteiger partial charge in [0, 0.05) is 0 Å². The van der Waals surface area contributed by atoms with Crippen molar-refractivity contribution >= 4 is 11.4 Å². The van der Waals surface area contributed by atoms with Crippen molar-refractivity contribution in [3.8, 4) is 6.07 Å². The number of hydrogen-bond acceptors (Lipinski definition) is 3. The molecule has 0 unspecified atom stereocenters. The fourth-order valence-corrected chi connectivity index (χ4v) is 1.16. The Morgan fingerprint density at radius 2 is 2.11 bits per heavy atom. The van der Waals surface area contributed by atoms with E-state index < -0.39 is 17.7 Å². The number of alkyl halides is 3. The molecule has 0 bridgehead atoms. The third-order valence-corrected chi connectivity index (χ3v) is 2.07. The monoisotopic (exact) mass is 259 g/mol. The van der Waals surface area contributed by atoms with Gasteiger partial charge in [-0.05, 0) is 24.6 Å². The minimum absolute atomic E-state index is 0.114. The predicted octanol–water partition coefficient (Wildman–Crippen LogP) is 3.44. The molecule has 0 aromatic heterocycles. The molecule has 7 heteroatoms. The van der Waals surface area contributed by atoms with Crippen molar-refractivity contribution in [1.29, 1.82) is 5.26 Å². The summed E-state index contributed by atoms with van der Waals surface area (Å²) in [6.45, 7) is 1.32. The Morgan fingerprint density at radius 1 is 1.44 bits per heavy atom. The Labute approximate surface area is 101 Å². The first kappa shape index (κ1) is 14.0. The molecule has 0 saturated heterocycles. The molecule has 1 aromatic carbocycles. The van der Waals surface area contributed by atoms with E-state index in [2.05, 4.69) is 10.5 Å². The van der Waals surface area contributed by atoms with E-state index in [1.807, 2.05) is 0 Å². The van der Waals surface area contributed by atoms with Gasteiger partial charge < -0.3 is 0 Å². The molecule has 0 aliphatic carbocycles. The molecule has 0 aliphatic heterocycles. The molecule has 0 fully saturated rings. The zero-order valence-electron chi connectivity index (χ0n) is 9.35. The lowest BCUT2D eigenvalue weighted by atomic mass is 10.2. The topological polar surface area (TPSA) is 48.2 Å². The molecule has 3 nitrogen and oxygen atoms in total. The van der Waals surface area contributed by atoms with Crippen molar-refractivity contribution in [2.45, 2.75) is 19.5 Å². The molecule has 0 spiro atoms. The van der Waals surface area contributed by atoms with Crippen LogP contribution in [0.15, 0.2) is 23.3 Å². The van der Waals surface area contributed by atoms with Crippen LogP contribution in [0, 0.1) is 17.1 Å². The van der Waals surface area contributed by atoms with Crippen LogP contribution in [-0.4, -0.2) is 11.9 Å². The second kappa shape index (κ2) is 5.49. The number of anilines is 1. The molecule has 18 heavy (non-hydrogen) atoms. The maximum Gasteiger partial charge on any atom is 0.431 e. The van der Waals surface area contributed by atoms with E-state index in [-0.39, 0.29) is 17.7 Å². The van der Waals surface area contributed by atoms with Gasteiger partial charge in [-0.15, -0.1) is 0 Å². The van der Waals surface area contributed by atoms with E-state index in [4.69, 9.17) is 5.26 Å². The van der Waals surface area contributed by atoms with Crippen LogP contribution in [0.3, 0.4) is 0 Å². The summed E-state index contributed by atoms with van der Waals surface area (Å²) in [6.07, 6.45) is -4.80. The SMILES string of the molecule is CC/C(=N/Nc1ccc(F)c(C#N)c1)C(F)(F)F. The second-order valence-electron chi connectivity index (χ2n) is 3.33. The van der Waals surface area contributed by atoms with Crippen molar-refractivity contribution in [3.05, 3.63) is 29.6 Å². The van der Waals surface area contributed by atoms with E-state index in [1.165, 1.54) is 13.0 Å². The maximum absolute atomic E-state index is 13.0. The fraction of sp³-hybridized carbons (Fsp3) is 0.273. The number of halogens is 4. The highest BCUT2D eigenvalue weighted by Gasteiger charge is 2.34. The molecule has 0 atom stereocenters. The number of benzene rings is 1. The van der Waals surface area contributed by atoms with Crippen molar-refractivity contribution < 1.29 is 17.6 Å². The first-order valence-corrected chi connectivity index (χ1v) is 4.98. The maximum atomic E-state index is 13.0. The van der Waals surface area contributed by atoms with Crippen LogP contribution in [0.25, 0.3) is 0 Å². The van der Waals surface area contributed by atoms with Crippen LogP contribution in [-0.2, 0) is 0 Å². The van der Waals surface area contributed by atoms with Crippen molar-refractivity contribution in [1.82, 2.24) is 0 Å². The predicted molar refractivity (Wildman–Crippen MR) is 58.5 cm³/mol. The van der Waals surface area contributed by atoms with Crippen LogP contribution in [0.2, 0.25) is 0 Å². The lowest BCUT2D eigenvalue weighted by Crippen LogP contribution is -2.23. The Hall–Kier alpha value is -2.10. The Kier molecular flexibility index (Phi) is 4.26. The van der Waals surface area contributed by atoms with Crippen molar-refractivity contribution in [2.75, 3.05) is 5.43 Å². The number of hydrazone groups is 1. The molecular weight excluding hydrogens is 250 g/mol. The number of nitriles is 1. The zero-order valence-corrected chi connectivity index (χ0v) is 9.35. The molecule has 96 valence electrons. The third kappa shape index (κ3) is 3.45. The number of nitrogens with zero attached hydrogens (tertiary/aromatic N) is 2. The molecule has 0 radical (unpaired) electrons. The minimum Gasteiger partial charge on any atom is -0.278 e. The Balaban J connectivity index is 2.93. The van der Waals surface area contributed by atoms with Gasteiger partial charge in [0.1, 0.15) is 17.6 Å². The Morgan fingerprint density at radius 3 is 2.61 bits per heavy atom. The first-order chi connectivity index (χ1) is 8.38. The van der Waals surface area contributed by atoms with Crippen molar-refractivity contribution in [3.63, 3.8) is 0 Å². The average Bonchev–Trinajstić information content (AvgIpc) is 2.30. The van der Waals surface area contributed by atoms with E-state index in [0.29, 0.717) is 0 Å². The molecule has 1 aromatic rings. The smallest absolute Gasteiger partial charge is 0.278 e. The van der Waals surface area contributed by atoms with Gasteiger partial charge in [0.25, 0.3) is 0 Å². The highest BCUT2D eigenvalue weighted by atomic mass is 19.4. The molecule has 0 heterocycles. The van der Waals surface area contributed by atoms with E-state index in [1.54, 1.807) is 6.07 Å². The highest BCUT2D eigenvalue weighted by molar-refractivity contribution is 5.90. The summed E-state index contributed by atoms with van der Waals surface area (Å²) in [5.41, 5.74) is 1.02.